The molecule has 1 atom stereocenters. The monoisotopic (exact) mass is 269 g/mol. The van der Waals surface area contributed by atoms with Crippen LogP contribution in [0.15, 0.2) is 42.5 Å². The molecule has 0 spiro atoms. The second kappa shape index (κ2) is 5.61. The number of piperazine rings is 1. The summed E-state index contributed by atoms with van der Waals surface area (Å²) in [6.45, 7) is 3.14. The molecule has 0 bridgehead atoms. The van der Waals surface area contributed by atoms with Crippen molar-refractivity contribution in [2.45, 2.75) is 12.6 Å². The number of benzene rings is 2. The van der Waals surface area contributed by atoms with Crippen LogP contribution in [0.5, 0.6) is 0 Å². The molecule has 104 valence electrons. The highest BCUT2D eigenvalue weighted by atomic mass is 16.1. The molecule has 1 amide bonds. The van der Waals surface area contributed by atoms with Crippen molar-refractivity contribution in [1.29, 1.82) is 0 Å². The zero-order chi connectivity index (χ0) is 13.9. The largest absolute Gasteiger partial charge is 0.368 e. The molecule has 1 unspecified atom stereocenters. The van der Waals surface area contributed by atoms with Gasteiger partial charge >= 0.3 is 0 Å². The second-order valence-corrected chi connectivity index (χ2v) is 5.23. The minimum Gasteiger partial charge on any atom is -0.368 e. The molecule has 2 aromatic rings. The number of amides is 1. The van der Waals surface area contributed by atoms with E-state index in [9.17, 15) is 4.79 Å². The molecular formula is C16H19N3O. The van der Waals surface area contributed by atoms with Crippen LogP contribution < -0.4 is 11.1 Å². The molecule has 1 saturated heterocycles. The number of fused-ring (bicyclic) bond motifs is 1. The molecule has 1 fully saturated rings. The van der Waals surface area contributed by atoms with Crippen LogP contribution in [0.1, 0.15) is 5.56 Å². The van der Waals surface area contributed by atoms with Crippen molar-refractivity contribution < 1.29 is 4.79 Å². The van der Waals surface area contributed by atoms with Crippen molar-refractivity contribution in [3.05, 3.63) is 48.0 Å². The number of hydrogen-bond donors (Lipinski definition) is 2. The summed E-state index contributed by atoms with van der Waals surface area (Å²) in [6.07, 6.45) is 0. The number of carbonyl (C=O) groups excluding carboxylic acids is 1. The van der Waals surface area contributed by atoms with E-state index in [2.05, 4.69) is 46.6 Å². The van der Waals surface area contributed by atoms with Crippen molar-refractivity contribution >= 4 is 16.7 Å². The summed E-state index contributed by atoms with van der Waals surface area (Å²) in [7, 11) is 0. The Balaban J connectivity index is 1.90. The van der Waals surface area contributed by atoms with Gasteiger partial charge in [0.25, 0.3) is 0 Å². The summed E-state index contributed by atoms with van der Waals surface area (Å²) in [5.41, 5.74) is 6.75. The molecule has 0 aromatic heterocycles. The lowest BCUT2D eigenvalue weighted by Crippen LogP contribution is -2.56. The van der Waals surface area contributed by atoms with E-state index in [-0.39, 0.29) is 11.9 Å². The third-order valence-corrected chi connectivity index (χ3v) is 3.94. The first-order valence-electron chi connectivity index (χ1n) is 6.96. The molecule has 1 aliphatic rings. The van der Waals surface area contributed by atoms with Gasteiger partial charge in [0.1, 0.15) is 6.04 Å². The number of primary amides is 1. The lowest BCUT2D eigenvalue weighted by molar-refractivity contribution is -0.124. The number of hydrogen-bond acceptors (Lipinski definition) is 3. The Kier molecular flexibility index (Phi) is 3.67. The van der Waals surface area contributed by atoms with Gasteiger partial charge in [0.15, 0.2) is 0 Å². The highest BCUT2D eigenvalue weighted by molar-refractivity contribution is 5.85. The van der Waals surface area contributed by atoms with Crippen LogP contribution in [0, 0.1) is 0 Å². The van der Waals surface area contributed by atoms with E-state index in [0.717, 1.165) is 19.6 Å². The van der Waals surface area contributed by atoms with Gasteiger partial charge in [0, 0.05) is 26.2 Å². The maximum Gasteiger partial charge on any atom is 0.236 e. The standard InChI is InChI=1S/C16H19N3O/c17-16(20)15-10-18-8-9-19(15)11-13-6-3-5-12-4-1-2-7-14(12)13/h1-7,15,18H,8-11H2,(H2,17,20). The van der Waals surface area contributed by atoms with Gasteiger partial charge < -0.3 is 11.1 Å². The topological polar surface area (TPSA) is 58.4 Å². The Labute approximate surface area is 118 Å². The third-order valence-electron chi connectivity index (χ3n) is 3.94. The molecule has 0 saturated carbocycles. The molecular weight excluding hydrogens is 250 g/mol. The Morgan fingerprint density at radius 2 is 2.05 bits per heavy atom. The van der Waals surface area contributed by atoms with Crippen LogP contribution in [-0.2, 0) is 11.3 Å². The van der Waals surface area contributed by atoms with E-state index in [1.165, 1.54) is 16.3 Å². The summed E-state index contributed by atoms with van der Waals surface area (Å²) in [5.74, 6) is -0.252. The van der Waals surface area contributed by atoms with E-state index >= 15 is 0 Å². The number of rotatable bonds is 3. The van der Waals surface area contributed by atoms with Crippen molar-refractivity contribution in [2.24, 2.45) is 5.73 Å². The lowest BCUT2D eigenvalue weighted by Gasteiger charge is -2.34. The number of nitrogens with zero attached hydrogens (tertiary/aromatic N) is 1. The predicted octanol–water partition coefficient (Wildman–Crippen LogP) is 1.10. The Bertz CT molecular complexity index is 621. The third kappa shape index (κ3) is 2.53. The highest BCUT2D eigenvalue weighted by Gasteiger charge is 2.26. The smallest absolute Gasteiger partial charge is 0.236 e. The zero-order valence-corrected chi connectivity index (χ0v) is 11.4. The Morgan fingerprint density at radius 3 is 2.90 bits per heavy atom. The summed E-state index contributed by atoms with van der Waals surface area (Å²) in [5, 5.41) is 5.71. The van der Waals surface area contributed by atoms with Gasteiger partial charge in [-0.2, -0.15) is 0 Å². The molecule has 4 nitrogen and oxygen atoms in total. The van der Waals surface area contributed by atoms with Crippen LogP contribution in [0.4, 0.5) is 0 Å². The van der Waals surface area contributed by atoms with Crippen molar-refractivity contribution in [1.82, 2.24) is 10.2 Å². The molecule has 3 rings (SSSR count). The van der Waals surface area contributed by atoms with Gasteiger partial charge in [-0.15, -0.1) is 0 Å². The van der Waals surface area contributed by atoms with Crippen LogP contribution in [0.2, 0.25) is 0 Å². The maximum atomic E-state index is 11.6. The van der Waals surface area contributed by atoms with E-state index in [0.29, 0.717) is 6.54 Å². The van der Waals surface area contributed by atoms with Gasteiger partial charge in [-0.25, -0.2) is 0 Å². The maximum absolute atomic E-state index is 11.6. The quantitative estimate of drug-likeness (QED) is 0.877. The molecule has 1 aliphatic heterocycles. The van der Waals surface area contributed by atoms with E-state index < -0.39 is 0 Å². The van der Waals surface area contributed by atoms with Gasteiger partial charge in [0.2, 0.25) is 5.91 Å². The molecule has 3 N–H and O–H groups in total. The van der Waals surface area contributed by atoms with Crippen molar-refractivity contribution in [3.63, 3.8) is 0 Å². The average Bonchev–Trinajstić information content (AvgIpc) is 2.48. The summed E-state index contributed by atoms with van der Waals surface area (Å²) in [6, 6.07) is 14.4. The SMILES string of the molecule is NC(=O)C1CNCCN1Cc1cccc2ccccc12. The average molecular weight is 269 g/mol. The molecule has 0 aliphatic carbocycles. The summed E-state index contributed by atoms with van der Waals surface area (Å²) >= 11 is 0. The van der Waals surface area contributed by atoms with Crippen molar-refractivity contribution in [2.75, 3.05) is 19.6 Å². The molecule has 0 radical (unpaired) electrons. The molecule has 20 heavy (non-hydrogen) atoms. The molecule has 4 heteroatoms. The van der Waals surface area contributed by atoms with Crippen LogP contribution in [0.3, 0.4) is 0 Å². The fourth-order valence-corrected chi connectivity index (χ4v) is 2.87. The lowest BCUT2D eigenvalue weighted by atomic mass is 10.0. The van der Waals surface area contributed by atoms with Crippen LogP contribution >= 0.6 is 0 Å². The zero-order valence-electron chi connectivity index (χ0n) is 11.4. The van der Waals surface area contributed by atoms with Gasteiger partial charge in [-0.3, -0.25) is 9.69 Å². The number of nitrogens with one attached hydrogen (secondary N) is 1. The second-order valence-electron chi connectivity index (χ2n) is 5.23. The fraction of sp³-hybridized carbons (Fsp3) is 0.312. The van der Waals surface area contributed by atoms with Crippen molar-refractivity contribution in [3.8, 4) is 0 Å². The number of carbonyl (C=O) groups is 1. The first-order chi connectivity index (χ1) is 9.75. The predicted molar refractivity (Wildman–Crippen MR) is 80.2 cm³/mol. The van der Waals surface area contributed by atoms with Gasteiger partial charge in [0.05, 0.1) is 0 Å². The molecule has 1 heterocycles. The van der Waals surface area contributed by atoms with Crippen LogP contribution in [0.25, 0.3) is 10.8 Å². The Hall–Kier alpha value is -1.91. The van der Waals surface area contributed by atoms with E-state index in [4.69, 9.17) is 5.73 Å². The van der Waals surface area contributed by atoms with Gasteiger partial charge in [-0.05, 0) is 16.3 Å². The van der Waals surface area contributed by atoms with E-state index in [1.54, 1.807) is 0 Å². The number of nitrogens with two attached hydrogens (primary N) is 1. The Morgan fingerprint density at radius 1 is 1.25 bits per heavy atom. The normalized spacial score (nSPS) is 20.1. The fourth-order valence-electron chi connectivity index (χ4n) is 2.87. The minimum absolute atomic E-state index is 0.220. The van der Waals surface area contributed by atoms with E-state index in [1.807, 2.05) is 6.07 Å². The van der Waals surface area contributed by atoms with Gasteiger partial charge in [-0.1, -0.05) is 42.5 Å². The van der Waals surface area contributed by atoms with Crippen LogP contribution in [-0.4, -0.2) is 36.5 Å². The first kappa shape index (κ1) is 13.1. The minimum atomic E-state index is -0.252. The highest BCUT2D eigenvalue weighted by Crippen LogP contribution is 2.21. The first-order valence-corrected chi connectivity index (χ1v) is 6.96. The molecule has 2 aromatic carbocycles. The summed E-state index contributed by atoms with van der Waals surface area (Å²) in [4.78, 5) is 13.7. The summed E-state index contributed by atoms with van der Waals surface area (Å²) < 4.78 is 0.